The lowest BCUT2D eigenvalue weighted by Gasteiger charge is -2.28. The van der Waals surface area contributed by atoms with E-state index in [-0.39, 0.29) is 24.0 Å². The molecule has 0 fully saturated rings. The third kappa shape index (κ3) is 5.05. The topological polar surface area (TPSA) is 92.3 Å². The van der Waals surface area contributed by atoms with E-state index in [4.69, 9.17) is 4.74 Å². The number of carbonyl (C=O) groups excluding carboxylic acids is 1. The number of nitrogens with one attached hydrogen (secondary N) is 2. The molecule has 1 aromatic heterocycles. The first kappa shape index (κ1) is 16.9. The van der Waals surface area contributed by atoms with Gasteiger partial charge in [0.1, 0.15) is 0 Å². The van der Waals surface area contributed by atoms with Crippen LogP contribution in [0, 0.1) is 0 Å². The standard InChI is InChI=1S/C13H24N6O2/c1-7-9(4)19(18-10(5)20)12-15-11(14-8(2)3)16-13(17-12)21-6/h8-9H,7H2,1-6H3,(H,18,20)(H,14,15,16,17)/t9-/m0/s1. The number of carbonyl (C=O) groups is 1. The van der Waals surface area contributed by atoms with Gasteiger partial charge in [0.15, 0.2) is 0 Å². The van der Waals surface area contributed by atoms with Crippen LogP contribution in [0.3, 0.4) is 0 Å². The normalized spacial score (nSPS) is 12.0. The fraction of sp³-hybridized carbons (Fsp3) is 0.692. The molecule has 8 heteroatoms. The van der Waals surface area contributed by atoms with Crippen LogP contribution in [-0.4, -0.2) is 40.1 Å². The summed E-state index contributed by atoms with van der Waals surface area (Å²) in [5.41, 5.74) is 2.74. The Balaban J connectivity index is 3.18. The molecule has 1 amide bonds. The molecule has 0 bridgehead atoms. The van der Waals surface area contributed by atoms with Gasteiger partial charge < -0.3 is 10.1 Å². The molecule has 1 heterocycles. The fourth-order valence-electron chi connectivity index (χ4n) is 1.58. The molecule has 21 heavy (non-hydrogen) atoms. The second kappa shape index (κ2) is 7.61. The average molecular weight is 296 g/mol. The Hall–Kier alpha value is -2.12. The summed E-state index contributed by atoms with van der Waals surface area (Å²) in [5, 5.41) is 4.73. The number of aromatic nitrogens is 3. The summed E-state index contributed by atoms with van der Waals surface area (Å²) in [4.78, 5) is 24.1. The number of hydrogen-bond acceptors (Lipinski definition) is 7. The molecule has 0 radical (unpaired) electrons. The summed E-state index contributed by atoms with van der Waals surface area (Å²) in [6.07, 6.45) is 0.821. The zero-order valence-electron chi connectivity index (χ0n) is 13.5. The van der Waals surface area contributed by atoms with Crippen molar-refractivity contribution in [2.45, 2.75) is 53.1 Å². The first-order valence-corrected chi connectivity index (χ1v) is 7.00. The summed E-state index contributed by atoms with van der Waals surface area (Å²) >= 11 is 0. The van der Waals surface area contributed by atoms with Gasteiger partial charge in [0.2, 0.25) is 11.9 Å². The van der Waals surface area contributed by atoms with Crippen molar-refractivity contribution in [3.05, 3.63) is 0 Å². The van der Waals surface area contributed by atoms with E-state index in [0.29, 0.717) is 11.9 Å². The van der Waals surface area contributed by atoms with E-state index in [2.05, 4.69) is 25.7 Å². The molecule has 0 aliphatic heterocycles. The van der Waals surface area contributed by atoms with E-state index in [1.807, 2.05) is 27.7 Å². The summed E-state index contributed by atoms with van der Waals surface area (Å²) in [6.45, 7) is 9.40. The van der Waals surface area contributed by atoms with E-state index in [1.54, 1.807) is 5.01 Å². The Bertz CT molecular complexity index is 480. The smallest absolute Gasteiger partial charge is 0.322 e. The van der Waals surface area contributed by atoms with Gasteiger partial charge in [0, 0.05) is 13.0 Å². The zero-order chi connectivity index (χ0) is 16.0. The van der Waals surface area contributed by atoms with E-state index in [0.717, 1.165) is 6.42 Å². The van der Waals surface area contributed by atoms with Crippen molar-refractivity contribution in [3.8, 4) is 6.01 Å². The van der Waals surface area contributed by atoms with Crippen molar-refractivity contribution in [1.82, 2.24) is 20.4 Å². The van der Waals surface area contributed by atoms with Gasteiger partial charge in [-0.1, -0.05) is 6.92 Å². The quantitative estimate of drug-likeness (QED) is 0.734. The molecule has 2 N–H and O–H groups in total. The number of ether oxygens (including phenoxy) is 1. The molecule has 1 aromatic rings. The predicted molar refractivity (Wildman–Crippen MR) is 81.2 cm³/mol. The number of amides is 1. The SMILES string of the molecule is CC[C@H](C)N(NC(C)=O)c1nc(NC(C)C)nc(OC)n1. The van der Waals surface area contributed by atoms with Gasteiger partial charge in [-0.15, -0.1) is 0 Å². The Morgan fingerprint density at radius 3 is 2.43 bits per heavy atom. The van der Waals surface area contributed by atoms with Crippen LogP contribution < -0.4 is 20.5 Å². The number of hydrogen-bond donors (Lipinski definition) is 2. The number of rotatable bonds is 7. The van der Waals surface area contributed by atoms with Gasteiger partial charge in [-0.25, -0.2) is 5.01 Å². The van der Waals surface area contributed by atoms with Gasteiger partial charge in [0.25, 0.3) is 5.95 Å². The van der Waals surface area contributed by atoms with E-state index in [9.17, 15) is 4.79 Å². The van der Waals surface area contributed by atoms with Gasteiger partial charge >= 0.3 is 6.01 Å². The molecule has 0 saturated carbocycles. The fourth-order valence-corrected chi connectivity index (χ4v) is 1.58. The Morgan fingerprint density at radius 2 is 1.95 bits per heavy atom. The minimum absolute atomic E-state index is 0.0351. The van der Waals surface area contributed by atoms with Crippen LogP contribution in [0.1, 0.15) is 41.0 Å². The largest absolute Gasteiger partial charge is 0.467 e. The molecule has 0 unspecified atom stereocenters. The number of hydrazine groups is 1. The van der Waals surface area contributed by atoms with Gasteiger partial charge in [0.05, 0.1) is 13.2 Å². The summed E-state index contributed by atoms with van der Waals surface area (Å²) in [5.74, 6) is 0.563. The predicted octanol–water partition coefficient (Wildman–Crippen LogP) is 1.36. The van der Waals surface area contributed by atoms with Crippen LogP contribution in [-0.2, 0) is 4.79 Å². The molecule has 1 atom stereocenters. The minimum atomic E-state index is -0.187. The maximum atomic E-state index is 11.4. The van der Waals surface area contributed by atoms with Crippen molar-refractivity contribution < 1.29 is 9.53 Å². The Kier molecular flexibility index (Phi) is 6.13. The van der Waals surface area contributed by atoms with Crippen LogP contribution in [0.2, 0.25) is 0 Å². The van der Waals surface area contributed by atoms with E-state index >= 15 is 0 Å². The monoisotopic (exact) mass is 296 g/mol. The summed E-state index contributed by atoms with van der Waals surface area (Å²) in [6, 6.07) is 0.400. The van der Waals surface area contributed by atoms with Crippen molar-refractivity contribution in [2.75, 3.05) is 17.4 Å². The Labute approximate surface area is 125 Å². The summed E-state index contributed by atoms with van der Waals surface area (Å²) in [7, 11) is 1.49. The Morgan fingerprint density at radius 1 is 1.29 bits per heavy atom. The van der Waals surface area contributed by atoms with Crippen LogP contribution in [0.15, 0.2) is 0 Å². The third-order valence-electron chi connectivity index (χ3n) is 2.73. The maximum Gasteiger partial charge on any atom is 0.322 e. The highest BCUT2D eigenvalue weighted by atomic mass is 16.5. The first-order chi connectivity index (χ1) is 9.87. The molecular weight excluding hydrogens is 272 g/mol. The van der Waals surface area contributed by atoms with E-state index in [1.165, 1.54) is 14.0 Å². The second-order valence-corrected chi connectivity index (χ2v) is 5.04. The summed E-state index contributed by atoms with van der Waals surface area (Å²) < 4.78 is 5.10. The van der Waals surface area contributed by atoms with Crippen LogP contribution in [0.4, 0.5) is 11.9 Å². The van der Waals surface area contributed by atoms with Crippen molar-refractivity contribution in [1.29, 1.82) is 0 Å². The van der Waals surface area contributed by atoms with Crippen molar-refractivity contribution >= 4 is 17.8 Å². The molecule has 0 aliphatic rings. The second-order valence-electron chi connectivity index (χ2n) is 5.04. The lowest BCUT2D eigenvalue weighted by molar-refractivity contribution is -0.119. The molecule has 0 saturated heterocycles. The van der Waals surface area contributed by atoms with E-state index < -0.39 is 0 Å². The van der Waals surface area contributed by atoms with Crippen LogP contribution in [0.25, 0.3) is 0 Å². The lowest BCUT2D eigenvalue weighted by atomic mass is 10.2. The minimum Gasteiger partial charge on any atom is -0.467 e. The molecule has 0 aromatic carbocycles. The molecular formula is C13H24N6O2. The molecule has 0 aliphatic carbocycles. The van der Waals surface area contributed by atoms with Crippen molar-refractivity contribution in [2.24, 2.45) is 0 Å². The number of anilines is 2. The van der Waals surface area contributed by atoms with Crippen LogP contribution >= 0.6 is 0 Å². The maximum absolute atomic E-state index is 11.4. The van der Waals surface area contributed by atoms with Gasteiger partial charge in [-0.3, -0.25) is 10.2 Å². The van der Waals surface area contributed by atoms with Gasteiger partial charge in [-0.2, -0.15) is 15.0 Å². The number of nitrogens with zero attached hydrogens (tertiary/aromatic N) is 4. The highest BCUT2D eigenvalue weighted by Gasteiger charge is 2.20. The third-order valence-corrected chi connectivity index (χ3v) is 2.73. The molecule has 0 spiro atoms. The molecule has 118 valence electrons. The first-order valence-electron chi connectivity index (χ1n) is 7.00. The zero-order valence-corrected chi connectivity index (χ0v) is 13.5. The van der Waals surface area contributed by atoms with Crippen molar-refractivity contribution in [3.63, 3.8) is 0 Å². The molecule has 8 nitrogen and oxygen atoms in total. The number of methoxy groups -OCH3 is 1. The highest BCUT2D eigenvalue weighted by molar-refractivity contribution is 5.74. The van der Waals surface area contributed by atoms with Gasteiger partial charge in [-0.05, 0) is 27.2 Å². The van der Waals surface area contributed by atoms with Crippen LogP contribution in [0.5, 0.6) is 6.01 Å². The molecule has 1 rings (SSSR count). The lowest BCUT2D eigenvalue weighted by Crippen LogP contribution is -2.47. The average Bonchev–Trinajstić information content (AvgIpc) is 2.42. The highest BCUT2D eigenvalue weighted by Crippen LogP contribution is 2.17.